The van der Waals surface area contributed by atoms with E-state index in [1.54, 1.807) is 12.1 Å². The van der Waals surface area contributed by atoms with Crippen LogP contribution in [0.3, 0.4) is 0 Å². The molecule has 1 aromatic rings. The molecule has 108 valence electrons. The van der Waals surface area contributed by atoms with E-state index in [1.807, 2.05) is 6.92 Å². The molecule has 6 nitrogen and oxygen atoms in total. The lowest BCUT2D eigenvalue weighted by Crippen LogP contribution is -2.40. The van der Waals surface area contributed by atoms with E-state index in [9.17, 15) is 14.9 Å². The molecule has 1 aliphatic heterocycles. The third kappa shape index (κ3) is 3.55. The minimum atomic E-state index is -0.495. The standard InChI is InChI=1S/C13H16BrN3O3/c1-8-6-9(4-5-15-8)13(18)16-11-3-2-10(14)7-12(11)17(19)20/h2-3,7-9,15H,4-6H2,1H3,(H,16,18). The molecule has 1 aliphatic rings. The predicted octanol–water partition coefficient (Wildman–Crippen LogP) is 2.68. The molecule has 2 rings (SSSR count). The van der Waals surface area contributed by atoms with Gasteiger partial charge in [-0.1, -0.05) is 15.9 Å². The van der Waals surface area contributed by atoms with Crippen molar-refractivity contribution in [1.29, 1.82) is 0 Å². The quantitative estimate of drug-likeness (QED) is 0.653. The Morgan fingerprint density at radius 2 is 2.30 bits per heavy atom. The van der Waals surface area contributed by atoms with E-state index in [0.717, 1.165) is 19.4 Å². The number of rotatable bonds is 3. The van der Waals surface area contributed by atoms with Crippen molar-refractivity contribution in [3.63, 3.8) is 0 Å². The number of amides is 1. The number of nitrogens with one attached hydrogen (secondary N) is 2. The van der Waals surface area contributed by atoms with Gasteiger partial charge in [0.2, 0.25) is 5.91 Å². The van der Waals surface area contributed by atoms with E-state index in [2.05, 4.69) is 26.6 Å². The summed E-state index contributed by atoms with van der Waals surface area (Å²) < 4.78 is 0.609. The summed E-state index contributed by atoms with van der Waals surface area (Å²) in [6.07, 6.45) is 1.50. The Hall–Kier alpha value is -1.47. The number of nitrogens with zero attached hydrogens (tertiary/aromatic N) is 1. The molecule has 2 atom stereocenters. The molecule has 0 bridgehead atoms. The van der Waals surface area contributed by atoms with Crippen LogP contribution in [0.25, 0.3) is 0 Å². The Labute approximate surface area is 125 Å². The van der Waals surface area contributed by atoms with Gasteiger partial charge in [0.15, 0.2) is 0 Å². The zero-order valence-corrected chi connectivity index (χ0v) is 12.6. The highest BCUT2D eigenvalue weighted by atomic mass is 79.9. The van der Waals surface area contributed by atoms with E-state index in [4.69, 9.17) is 0 Å². The van der Waals surface area contributed by atoms with Crippen LogP contribution in [-0.4, -0.2) is 23.4 Å². The number of hydrogen-bond acceptors (Lipinski definition) is 4. The summed E-state index contributed by atoms with van der Waals surface area (Å²) in [5.41, 5.74) is 0.143. The highest BCUT2D eigenvalue weighted by Gasteiger charge is 2.26. The summed E-state index contributed by atoms with van der Waals surface area (Å²) in [5, 5.41) is 17.0. The average molecular weight is 342 g/mol. The molecule has 20 heavy (non-hydrogen) atoms. The molecule has 0 spiro atoms. The zero-order valence-electron chi connectivity index (χ0n) is 11.1. The van der Waals surface area contributed by atoms with Crippen LogP contribution in [0.4, 0.5) is 11.4 Å². The first-order chi connectivity index (χ1) is 9.47. The number of carbonyl (C=O) groups is 1. The van der Waals surface area contributed by atoms with Crippen LogP contribution in [0.5, 0.6) is 0 Å². The zero-order chi connectivity index (χ0) is 14.7. The van der Waals surface area contributed by atoms with Crippen LogP contribution in [0, 0.1) is 16.0 Å². The highest BCUT2D eigenvalue weighted by molar-refractivity contribution is 9.10. The number of nitro benzene ring substituents is 1. The Kier molecular flexibility index (Phi) is 4.72. The Morgan fingerprint density at radius 3 is 2.95 bits per heavy atom. The second-order valence-corrected chi connectivity index (χ2v) is 5.90. The second kappa shape index (κ2) is 6.32. The molecule has 2 N–H and O–H groups in total. The van der Waals surface area contributed by atoms with Crippen molar-refractivity contribution in [3.05, 3.63) is 32.8 Å². The molecular formula is C13H16BrN3O3. The summed E-state index contributed by atoms with van der Waals surface area (Å²) in [5.74, 6) is -0.252. The molecule has 7 heteroatoms. The molecule has 1 saturated heterocycles. The third-order valence-electron chi connectivity index (χ3n) is 3.41. The minimum Gasteiger partial charge on any atom is -0.320 e. The smallest absolute Gasteiger partial charge is 0.293 e. The number of hydrogen-bond donors (Lipinski definition) is 2. The Balaban J connectivity index is 2.13. The second-order valence-electron chi connectivity index (χ2n) is 4.98. The molecule has 0 saturated carbocycles. The number of piperidine rings is 1. The first-order valence-electron chi connectivity index (χ1n) is 6.45. The van der Waals surface area contributed by atoms with E-state index in [-0.39, 0.29) is 23.2 Å². The number of anilines is 1. The third-order valence-corrected chi connectivity index (χ3v) is 3.90. The average Bonchev–Trinajstić information content (AvgIpc) is 2.40. The Bertz CT molecular complexity index is 536. The molecule has 1 aromatic carbocycles. The predicted molar refractivity (Wildman–Crippen MR) is 79.6 cm³/mol. The van der Waals surface area contributed by atoms with Gasteiger partial charge in [-0.2, -0.15) is 0 Å². The van der Waals surface area contributed by atoms with Crippen LogP contribution in [0.2, 0.25) is 0 Å². The van der Waals surface area contributed by atoms with Gasteiger partial charge in [0.1, 0.15) is 5.69 Å². The van der Waals surface area contributed by atoms with Gasteiger partial charge in [-0.3, -0.25) is 14.9 Å². The van der Waals surface area contributed by atoms with E-state index >= 15 is 0 Å². The van der Waals surface area contributed by atoms with Crippen LogP contribution >= 0.6 is 15.9 Å². The van der Waals surface area contributed by atoms with Gasteiger partial charge in [0.25, 0.3) is 5.69 Å². The van der Waals surface area contributed by atoms with Crippen molar-refractivity contribution in [3.8, 4) is 0 Å². The van der Waals surface area contributed by atoms with Crippen molar-refractivity contribution in [2.24, 2.45) is 5.92 Å². The fourth-order valence-corrected chi connectivity index (χ4v) is 2.72. The molecule has 1 fully saturated rings. The van der Waals surface area contributed by atoms with Crippen molar-refractivity contribution >= 4 is 33.2 Å². The van der Waals surface area contributed by atoms with Gasteiger partial charge in [-0.05, 0) is 38.4 Å². The van der Waals surface area contributed by atoms with Crippen LogP contribution < -0.4 is 10.6 Å². The van der Waals surface area contributed by atoms with Gasteiger partial charge in [-0.25, -0.2) is 0 Å². The fourth-order valence-electron chi connectivity index (χ4n) is 2.37. The van der Waals surface area contributed by atoms with E-state index in [1.165, 1.54) is 6.07 Å². The molecule has 0 radical (unpaired) electrons. The topological polar surface area (TPSA) is 84.3 Å². The Morgan fingerprint density at radius 1 is 1.55 bits per heavy atom. The van der Waals surface area contributed by atoms with Crippen molar-refractivity contribution < 1.29 is 9.72 Å². The molecule has 0 aliphatic carbocycles. The number of nitro groups is 1. The first kappa shape index (κ1) is 14.9. The maximum atomic E-state index is 12.2. The lowest BCUT2D eigenvalue weighted by atomic mass is 9.92. The molecule has 0 aromatic heterocycles. The van der Waals surface area contributed by atoms with Gasteiger partial charge < -0.3 is 10.6 Å². The highest BCUT2D eigenvalue weighted by Crippen LogP contribution is 2.29. The SMILES string of the molecule is CC1CC(C(=O)Nc2ccc(Br)cc2[N+](=O)[O-])CCN1. The maximum absolute atomic E-state index is 12.2. The molecule has 2 unspecified atom stereocenters. The molecule has 1 heterocycles. The maximum Gasteiger partial charge on any atom is 0.293 e. The van der Waals surface area contributed by atoms with Gasteiger partial charge in [0.05, 0.1) is 4.92 Å². The number of carbonyl (C=O) groups excluding carboxylic acids is 1. The van der Waals surface area contributed by atoms with Gasteiger partial charge in [0, 0.05) is 22.5 Å². The minimum absolute atomic E-state index is 0.102. The van der Waals surface area contributed by atoms with Crippen molar-refractivity contribution in [2.75, 3.05) is 11.9 Å². The fraction of sp³-hybridized carbons (Fsp3) is 0.462. The van der Waals surface area contributed by atoms with E-state index in [0.29, 0.717) is 10.5 Å². The van der Waals surface area contributed by atoms with Crippen molar-refractivity contribution in [1.82, 2.24) is 5.32 Å². The summed E-state index contributed by atoms with van der Waals surface area (Å²) in [6, 6.07) is 4.90. The largest absolute Gasteiger partial charge is 0.320 e. The first-order valence-corrected chi connectivity index (χ1v) is 7.25. The normalized spacial score (nSPS) is 22.3. The van der Waals surface area contributed by atoms with Gasteiger partial charge >= 0.3 is 0 Å². The van der Waals surface area contributed by atoms with Crippen LogP contribution in [-0.2, 0) is 4.79 Å². The summed E-state index contributed by atoms with van der Waals surface area (Å²) in [6.45, 7) is 2.82. The molecular weight excluding hydrogens is 326 g/mol. The van der Waals surface area contributed by atoms with E-state index < -0.39 is 4.92 Å². The number of benzene rings is 1. The lowest BCUT2D eigenvalue weighted by Gasteiger charge is -2.27. The molecule has 1 amide bonds. The van der Waals surface area contributed by atoms with Crippen LogP contribution in [0.15, 0.2) is 22.7 Å². The summed E-state index contributed by atoms with van der Waals surface area (Å²) >= 11 is 3.19. The van der Waals surface area contributed by atoms with Crippen LogP contribution in [0.1, 0.15) is 19.8 Å². The number of halogens is 1. The van der Waals surface area contributed by atoms with Gasteiger partial charge in [-0.15, -0.1) is 0 Å². The lowest BCUT2D eigenvalue weighted by molar-refractivity contribution is -0.384. The summed E-state index contributed by atoms with van der Waals surface area (Å²) in [7, 11) is 0. The monoisotopic (exact) mass is 341 g/mol. The van der Waals surface area contributed by atoms with Crippen molar-refractivity contribution in [2.45, 2.75) is 25.8 Å². The summed E-state index contributed by atoms with van der Waals surface area (Å²) in [4.78, 5) is 22.7.